The van der Waals surface area contributed by atoms with E-state index in [1.807, 2.05) is 66.7 Å². The number of benzene rings is 2. The summed E-state index contributed by atoms with van der Waals surface area (Å²) in [7, 11) is 0. The van der Waals surface area contributed by atoms with E-state index in [0.29, 0.717) is 32.1 Å². The van der Waals surface area contributed by atoms with Crippen molar-refractivity contribution in [3.63, 3.8) is 0 Å². The SMILES string of the molecule is CC(C)(C)OC(=O)N[C@H]1CC[C@@]2(C)[C@@H](CC[C@]3(C)[C@@H]2C(=O)C=C2[C@@H]4C[C@@](C)(C(=O)OC(c5ccccc5)c5ccccc5)CC[C@]4(C)CC[C@]23C)[C@]1(C)C(=O)O. The van der Waals surface area contributed by atoms with Crippen molar-refractivity contribution in [3.8, 4) is 0 Å². The van der Waals surface area contributed by atoms with E-state index < -0.39 is 51.5 Å². The highest BCUT2D eigenvalue weighted by Gasteiger charge is 2.72. The number of nitrogens with one attached hydrogen (secondary N) is 1. The number of hydrogen-bond acceptors (Lipinski definition) is 6. The monoisotopic (exact) mass is 765 g/mol. The lowest BCUT2D eigenvalue weighted by molar-refractivity contribution is -0.201. The average Bonchev–Trinajstić information content (AvgIpc) is 3.13. The first-order valence-corrected chi connectivity index (χ1v) is 20.9. The van der Waals surface area contributed by atoms with Gasteiger partial charge in [0.1, 0.15) is 5.60 Å². The Morgan fingerprint density at radius 2 is 1.39 bits per heavy atom. The minimum atomic E-state index is -1.29. The minimum absolute atomic E-state index is 0.0322. The molecule has 8 heteroatoms. The number of carboxylic acid groups (broad SMARTS) is 1. The Hall–Kier alpha value is -3.94. The molecule has 4 saturated carbocycles. The van der Waals surface area contributed by atoms with Crippen molar-refractivity contribution in [2.75, 3.05) is 0 Å². The molecule has 56 heavy (non-hydrogen) atoms. The van der Waals surface area contributed by atoms with E-state index in [2.05, 4.69) is 39.9 Å². The molecule has 0 saturated heterocycles. The maximum atomic E-state index is 15.0. The number of carbonyl (C=O) groups excluding carboxylic acids is 3. The molecule has 1 amide bonds. The smallest absolute Gasteiger partial charge is 0.407 e. The van der Waals surface area contributed by atoms with Crippen LogP contribution in [0.15, 0.2) is 72.3 Å². The molecule has 2 aromatic carbocycles. The molecule has 302 valence electrons. The fourth-order valence-electron chi connectivity index (χ4n) is 12.9. The van der Waals surface area contributed by atoms with Crippen LogP contribution >= 0.6 is 0 Å². The lowest BCUT2D eigenvalue weighted by atomic mass is 9.33. The molecule has 5 aliphatic rings. The topological polar surface area (TPSA) is 119 Å². The number of alkyl carbamates (subject to hydrolysis) is 1. The summed E-state index contributed by atoms with van der Waals surface area (Å²) >= 11 is 0. The van der Waals surface area contributed by atoms with Crippen molar-refractivity contribution in [3.05, 3.63) is 83.4 Å². The van der Waals surface area contributed by atoms with Crippen LogP contribution in [0.4, 0.5) is 4.79 Å². The van der Waals surface area contributed by atoms with Crippen molar-refractivity contribution in [1.29, 1.82) is 0 Å². The maximum absolute atomic E-state index is 15.0. The number of carbonyl (C=O) groups is 4. The molecule has 0 aliphatic heterocycles. The summed E-state index contributed by atoms with van der Waals surface area (Å²) in [6, 6.07) is 19.2. The fraction of sp³-hybridized carbons (Fsp3) is 0.625. The first-order chi connectivity index (χ1) is 26.1. The minimum Gasteiger partial charge on any atom is -0.481 e. The number of esters is 1. The van der Waals surface area contributed by atoms with Crippen LogP contribution in [-0.2, 0) is 23.9 Å². The van der Waals surface area contributed by atoms with Crippen molar-refractivity contribution >= 4 is 23.8 Å². The number of amides is 1. The normalized spacial score (nSPS) is 39.2. The van der Waals surface area contributed by atoms with Crippen molar-refractivity contribution in [1.82, 2.24) is 5.32 Å². The van der Waals surface area contributed by atoms with Gasteiger partial charge in [-0.15, -0.1) is 0 Å². The molecule has 0 spiro atoms. The van der Waals surface area contributed by atoms with Gasteiger partial charge < -0.3 is 19.9 Å². The van der Waals surface area contributed by atoms with Crippen molar-refractivity contribution < 1.29 is 33.8 Å². The van der Waals surface area contributed by atoms with Gasteiger partial charge in [-0.05, 0) is 143 Å². The average molecular weight is 766 g/mol. The number of rotatable bonds is 6. The number of allylic oxidation sites excluding steroid dienone is 2. The van der Waals surface area contributed by atoms with Gasteiger partial charge in [-0.2, -0.15) is 0 Å². The molecule has 0 radical (unpaired) electrons. The van der Waals surface area contributed by atoms with Crippen molar-refractivity contribution in [2.45, 2.75) is 138 Å². The maximum Gasteiger partial charge on any atom is 0.407 e. The summed E-state index contributed by atoms with van der Waals surface area (Å²) in [6.07, 6.45) is 7.38. The summed E-state index contributed by atoms with van der Waals surface area (Å²) < 4.78 is 12.1. The molecular formula is C48H63NO7. The van der Waals surface area contributed by atoms with E-state index in [9.17, 15) is 19.5 Å². The summed E-state index contributed by atoms with van der Waals surface area (Å²) in [6.45, 7) is 18.4. The largest absolute Gasteiger partial charge is 0.481 e. The zero-order chi connectivity index (χ0) is 40.7. The number of ketones is 1. The van der Waals surface area contributed by atoms with Gasteiger partial charge in [-0.1, -0.05) is 93.9 Å². The van der Waals surface area contributed by atoms with Crippen LogP contribution in [0.25, 0.3) is 0 Å². The number of hydrogen-bond donors (Lipinski definition) is 2. The van der Waals surface area contributed by atoms with E-state index in [-0.39, 0.29) is 40.3 Å². The lowest BCUT2D eigenvalue weighted by Gasteiger charge is -2.70. The zero-order valence-corrected chi connectivity index (χ0v) is 35.0. The van der Waals surface area contributed by atoms with Gasteiger partial charge in [-0.25, -0.2) is 4.79 Å². The number of ether oxygens (including phenoxy) is 2. The molecule has 7 rings (SSSR count). The number of aliphatic carboxylic acids is 1. The van der Waals surface area contributed by atoms with Gasteiger partial charge in [-0.3, -0.25) is 14.4 Å². The third-order valence-corrected chi connectivity index (χ3v) is 16.3. The first kappa shape index (κ1) is 40.3. The molecule has 5 aliphatic carbocycles. The standard InChI is InChI=1S/C48H63NO7/c1-42(2,3)56-41(54)49-36-21-22-45(6)35(48(36,9)39(51)52)20-23-47(8)38(45)34(50)28-32-33-29-44(5,25-24-43(33,4)26-27-46(32,47)7)40(53)55-37(30-16-12-10-13-17-30)31-18-14-11-15-19-31/h10-19,28,33,35-38H,20-27,29H2,1-9H3,(H,49,54)(H,51,52)/t33-,35+,36-,38+,43+,44-,45-,46+,47+,48-/m0/s1. The predicted molar refractivity (Wildman–Crippen MR) is 215 cm³/mol. The van der Waals surface area contributed by atoms with E-state index in [1.165, 1.54) is 5.57 Å². The Morgan fingerprint density at radius 3 is 1.96 bits per heavy atom. The van der Waals surface area contributed by atoms with Gasteiger partial charge in [0.05, 0.1) is 10.8 Å². The van der Waals surface area contributed by atoms with Crippen molar-refractivity contribution in [2.24, 2.45) is 50.2 Å². The molecule has 0 bridgehead atoms. The highest BCUT2D eigenvalue weighted by molar-refractivity contribution is 5.96. The molecule has 0 heterocycles. The molecule has 2 aromatic rings. The Morgan fingerprint density at radius 1 is 0.804 bits per heavy atom. The second-order valence-electron chi connectivity index (χ2n) is 20.7. The molecule has 0 unspecified atom stereocenters. The van der Waals surface area contributed by atoms with Crippen LogP contribution in [0, 0.1) is 50.2 Å². The van der Waals surface area contributed by atoms with Crippen LogP contribution < -0.4 is 5.32 Å². The van der Waals surface area contributed by atoms with E-state index in [1.54, 1.807) is 27.7 Å². The Bertz CT molecular complexity index is 1880. The Balaban J connectivity index is 1.20. The molecule has 0 aromatic heterocycles. The van der Waals surface area contributed by atoms with Crippen LogP contribution in [0.1, 0.15) is 137 Å². The molecule has 8 nitrogen and oxygen atoms in total. The van der Waals surface area contributed by atoms with Crippen LogP contribution in [0.3, 0.4) is 0 Å². The highest BCUT2D eigenvalue weighted by atomic mass is 16.6. The lowest BCUT2D eigenvalue weighted by Crippen LogP contribution is -2.69. The van der Waals surface area contributed by atoms with E-state index in [4.69, 9.17) is 9.47 Å². The predicted octanol–water partition coefficient (Wildman–Crippen LogP) is 10.3. The van der Waals surface area contributed by atoms with E-state index in [0.717, 1.165) is 36.8 Å². The Kier molecular flexibility index (Phi) is 9.77. The van der Waals surface area contributed by atoms with Gasteiger partial charge >= 0.3 is 18.0 Å². The third-order valence-electron chi connectivity index (χ3n) is 16.3. The zero-order valence-electron chi connectivity index (χ0n) is 35.0. The second-order valence-corrected chi connectivity index (χ2v) is 20.7. The quantitative estimate of drug-likeness (QED) is 0.281. The second kappa shape index (κ2) is 13.6. The third kappa shape index (κ3) is 6.23. The fourth-order valence-corrected chi connectivity index (χ4v) is 12.9. The molecule has 2 N–H and O–H groups in total. The summed E-state index contributed by atoms with van der Waals surface area (Å²) in [4.78, 5) is 55.9. The molecular weight excluding hydrogens is 703 g/mol. The summed E-state index contributed by atoms with van der Waals surface area (Å²) in [5.41, 5.74) is -1.07. The summed E-state index contributed by atoms with van der Waals surface area (Å²) in [5.74, 6) is -1.73. The van der Waals surface area contributed by atoms with Gasteiger partial charge in [0.2, 0.25) is 0 Å². The first-order valence-electron chi connectivity index (χ1n) is 20.9. The summed E-state index contributed by atoms with van der Waals surface area (Å²) in [5, 5.41) is 13.9. The van der Waals surface area contributed by atoms with Gasteiger partial charge in [0.15, 0.2) is 11.9 Å². The molecule has 10 atom stereocenters. The van der Waals surface area contributed by atoms with Crippen LogP contribution in [-0.4, -0.2) is 40.6 Å². The molecule has 4 fully saturated rings. The van der Waals surface area contributed by atoms with Crippen LogP contribution in [0.2, 0.25) is 0 Å². The van der Waals surface area contributed by atoms with Gasteiger partial charge in [0.25, 0.3) is 0 Å². The number of carboxylic acids is 1. The van der Waals surface area contributed by atoms with Crippen LogP contribution in [0.5, 0.6) is 0 Å². The Labute approximate surface area is 333 Å². The highest BCUT2D eigenvalue weighted by Crippen LogP contribution is 2.75. The number of fused-ring (bicyclic) bond motifs is 7. The van der Waals surface area contributed by atoms with Gasteiger partial charge in [0, 0.05) is 12.0 Å². The van der Waals surface area contributed by atoms with E-state index >= 15 is 4.79 Å².